The van der Waals surface area contributed by atoms with Gasteiger partial charge in [0.2, 0.25) is 0 Å². The lowest BCUT2D eigenvalue weighted by atomic mass is 9.98. The van der Waals surface area contributed by atoms with E-state index >= 15 is 0 Å². The Morgan fingerprint density at radius 1 is 1.37 bits per heavy atom. The highest BCUT2D eigenvalue weighted by atomic mass is 32.2. The normalized spacial score (nSPS) is 27.6. The van der Waals surface area contributed by atoms with E-state index in [-0.39, 0.29) is 17.7 Å². The molecule has 6 heteroatoms. The average Bonchev–Trinajstić information content (AvgIpc) is 2.70. The number of hydrogen-bond donors (Lipinski definition) is 2. The lowest BCUT2D eigenvalue weighted by molar-refractivity contribution is 0.281. The van der Waals surface area contributed by atoms with E-state index in [4.69, 9.17) is 5.11 Å². The molecule has 2 rings (SSSR count). The van der Waals surface area contributed by atoms with Crippen molar-refractivity contribution in [2.24, 2.45) is 11.8 Å². The first-order valence-electron chi connectivity index (χ1n) is 6.52. The van der Waals surface area contributed by atoms with Gasteiger partial charge in [-0.15, -0.1) is 0 Å². The number of rotatable bonds is 4. The molecule has 1 heterocycles. The molecule has 1 aromatic heterocycles. The highest BCUT2D eigenvalue weighted by molar-refractivity contribution is 7.89. The van der Waals surface area contributed by atoms with Gasteiger partial charge in [-0.2, -0.15) is 0 Å². The van der Waals surface area contributed by atoms with Crippen molar-refractivity contribution in [3.05, 3.63) is 23.9 Å². The lowest BCUT2D eigenvalue weighted by Gasteiger charge is -2.19. The Morgan fingerprint density at radius 2 is 2.11 bits per heavy atom. The van der Waals surface area contributed by atoms with Crippen LogP contribution in [0, 0.1) is 11.8 Å². The van der Waals surface area contributed by atoms with Gasteiger partial charge in [-0.25, -0.2) is 18.1 Å². The first kappa shape index (κ1) is 14.4. The van der Waals surface area contributed by atoms with Crippen molar-refractivity contribution in [2.75, 3.05) is 0 Å². The number of sulfonamides is 1. The summed E-state index contributed by atoms with van der Waals surface area (Å²) in [5.74, 6) is 0.879. The molecule has 0 spiro atoms. The molecular weight excluding hydrogens is 264 g/mol. The standard InChI is InChI=1S/C13H20N2O3S/c1-9-3-5-12(10(9)2)15-19(17,18)13-6-4-11(8-16)7-14-13/h4,6-7,9-10,12,15-16H,3,5,8H2,1-2H3. The van der Waals surface area contributed by atoms with Gasteiger partial charge in [0.25, 0.3) is 10.0 Å². The van der Waals surface area contributed by atoms with Crippen molar-refractivity contribution in [1.29, 1.82) is 0 Å². The van der Waals surface area contributed by atoms with Crippen LogP contribution in [0.15, 0.2) is 23.4 Å². The first-order valence-corrected chi connectivity index (χ1v) is 8.00. The average molecular weight is 284 g/mol. The van der Waals surface area contributed by atoms with E-state index in [1.807, 2.05) is 0 Å². The highest BCUT2D eigenvalue weighted by Crippen LogP contribution is 2.31. The van der Waals surface area contributed by atoms with Crippen molar-refractivity contribution in [1.82, 2.24) is 9.71 Å². The van der Waals surface area contributed by atoms with Crippen molar-refractivity contribution in [3.8, 4) is 0 Å². The van der Waals surface area contributed by atoms with Crippen LogP contribution in [0.25, 0.3) is 0 Å². The van der Waals surface area contributed by atoms with Gasteiger partial charge < -0.3 is 5.11 Å². The quantitative estimate of drug-likeness (QED) is 0.873. The molecule has 3 atom stereocenters. The zero-order valence-corrected chi connectivity index (χ0v) is 12.0. The van der Waals surface area contributed by atoms with Gasteiger partial charge in [-0.1, -0.05) is 19.9 Å². The number of aliphatic hydroxyl groups excluding tert-OH is 1. The fourth-order valence-electron chi connectivity index (χ4n) is 2.45. The molecule has 1 aromatic rings. The summed E-state index contributed by atoms with van der Waals surface area (Å²) in [5.41, 5.74) is 0.599. The molecule has 1 fully saturated rings. The van der Waals surface area contributed by atoms with Crippen molar-refractivity contribution in [2.45, 2.75) is 44.4 Å². The molecule has 0 aliphatic heterocycles. The zero-order chi connectivity index (χ0) is 14.0. The SMILES string of the molecule is CC1CCC(NS(=O)(=O)c2ccc(CO)cn2)C1C. The maximum atomic E-state index is 12.2. The fourth-order valence-corrected chi connectivity index (χ4v) is 3.74. The van der Waals surface area contributed by atoms with Crippen molar-refractivity contribution >= 4 is 10.0 Å². The molecular formula is C13H20N2O3S. The van der Waals surface area contributed by atoms with Crippen LogP contribution < -0.4 is 4.72 Å². The van der Waals surface area contributed by atoms with Crippen LogP contribution in [-0.4, -0.2) is 24.6 Å². The first-order chi connectivity index (χ1) is 8.94. The minimum atomic E-state index is -3.57. The van der Waals surface area contributed by atoms with E-state index in [1.54, 1.807) is 6.07 Å². The van der Waals surface area contributed by atoms with E-state index in [9.17, 15) is 8.42 Å². The second-order valence-corrected chi connectivity index (χ2v) is 6.97. The number of nitrogens with one attached hydrogen (secondary N) is 1. The number of pyridine rings is 1. The highest BCUT2D eigenvalue weighted by Gasteiger charge is 2.33. The molecule has 0 amide bonds. The van der Waals surface area contributed by atoms with Gasteiger partial charge >= 0.3 is 0 Å². The second kappa shape index (κ2) is 5.56. The number of aromatic nitrogens is 1. The molecule has 1 aliphatic carbocycles. The number of nitrogens with zero attached hydrogens (tertiary/aromatic N) is 1. The van der Waals surface area contributed by atoms with Crippen molar-refractivity contribution in [3.63, 3.8) is 0 Å². The molecule has 19 heavy (non-hydrogen) atoms. The predicted octanol–water partition coefficient (Wildman–Crippen LogP) is 1.29. The second-order valence-electron chi connectivity index (χ2n) is 5.30. The van der Waals surface area contributed by atoms with E-state index in [1.165, 1.54) is 12.3 Å². The summed E-state index contributed by atoms with van der Waals surface area (Å²) < 4.78 is 27.1. The summed E-state index contributed by atoms with van der Waals surface area (Å²) in [6.45, 7) is 4.08. The van der Waals surface area contributed by atoms with E-state index in [2.05, 4.69) is 23.6 Å². The zero-order valence-electron chi connectivity index (χ0n) is 11.2. The third kappa shape index (κ3) is 3.13. The summed E-state index contributed by atoms with van der Waals surface area (Å²) in [6, 6.07) is 2.98. The molecule has 1 aliphatic rings. The molecule has 1 saturated carbocycles. The van der Waals surface area contributed by atoms with Crippen LogP contribution in [0.3, 0.4) is 0 Å². The van der Waals surface area contributed by atoms with E-state index in [0.717, 1.165) is 12.8 Å². The Balaban J connectivity index is 2.13. The van der Waals surface area contributed by atoms with Crippen LogP contribution >= 0.6 is 0 Å². The van der Waals surface area contributed by atoms with Crippen LogP contribution in [0.2, 0.25) is 0 Å². The number of aliphatic hydroxyl groups is 1. The molecule has 0 aromatic carbocycles. The molecule has 3 unspecified atom stereocenters. The van der Waals surface area contributed by atoms with Crippen LogP contribution in [0.1, 0.15) is 32.3 Å². The summed E-state index contributed by atoms with van der Waals surface area (Å²) in [4.78, 5) is 3.90. The Labute approximate surface area is 114 Å². The minimum Gasteiger partial charge on any atom is -0.392 e. The summed E-state index contributed by atoms with van der Waals surface area (Å²) in [7, 11) is -3.57. The van der Waals surface area contributed by atoms with E-state index in [0.29, 0.717) is 17.4 Å². The van der Waals surface area contributed by atoms with Gasteiger partial charge in [0, 0.05) is 12.2 Å². The van der Waals surface area contributed by atoms with Gasteiger partial charge in [0.1, 0.15) is 0 Å². The van der Waals surface area contributed by atoms with Gasteiger partial charge in [0.05, 0.1) is 6.61 Å². The molecule has 2 N–H and O–H groups in total. The molecule has 5 nitrogen and oxygen atoms in total. The topological polar surface area (TPSA) is 79.3 Å². The van der Waals surface area contributed by atoms with Crippen LogP contribution in [-0.2, 0) is 16.6 Å². The van der Waals surface area contributed by atoms with Crippen LogP contribution in [0.4, 0.5) is 0 Å². The van der Waals surface area contributed by atoms with Crippen LogP contribution in [0.5, 0.6) is 0 Å². The lowest BCUT2D eigenvalue weighted by Crippen LogP contribution is -2.37. The largest absolute Gasteiger partial charge is 0.392 e. The van der Waals surface area contributed by atoms with E-state index < -0.39 is 10.0 Å². The predicted molar refractivity (Wildman–Crippen MR) is 71.8 cm³/mol. The molecule has 106 valence electrons. The van der Waals surface area contributed by atoms with Crippen molar-refractivity contribution < 1.29 is 13.5 Å². The fraction of sp³-hybridized carbons (Fsp3) is 0.615. The Hall–Kier alpha value is -0.980. The third-order valence-corrected chi connectivity index (χ3v) is 5.43. The summed E-state index contributed by atoms with van der Waals surface area (Å²) >= 11 is 0. The monoisotopic (exact) mass is 284 g/mol. The molecule has 0 bridgehead atoms. The maximum Gasteiger partial charge on any atom is 0.258 e. The minimum absolute atomic E-state index is 0.0106. The Bertz CT molecular complexity index is 527. The summed E-state index contributed by atoms with van der Waals surface area (Å²) in [6.07, 6.45) is 3.30. The maximum absolute atomic E-state index is 12.2. The van der Waals surface area contributed by atoms with Gasteiger partial charge in [-0.05, 0) is 36.3 Å². The number of hydrogen-bond acceptors (Lipinski definition) is 4. The molecule has 0 radical (unpaired) electrons. The van der Waals surface area contributed by atoms with Gasteiger partial charge in [0.15, 0.2) is 5.03 Å². The van der Waals surface area contributed by atoms with Gasteiger partial charge in [-0.3, -0.25) is 0 Å². The smallest absolute Gasteiger partial charge is 0.258 e. The Morgan fingerprint density at radius 3 is 2.58 bits per heavy atom. The molecule has 0 saturated heterocycles. The Kier molecular flexibility index (Phi) is 4.23. The summed E-state index contributed by atoms with van der Waals surface area (Å²) in [5, 5.41) is 8.93. The third-order valence-electron chi connectivity index (χ3n) is 4.03.